The lowest BCUT2D eigenvalue weighted by Gasteiger charge is -2.33. The van der Waals surface area contributed by atoms with Gasteiger partial charge in [-0.3, -0.25) is 9.69 Å². The molecule has 1 N–H and O–H groups in total. The van der Waals surface area contributed by atoms with Crippen molar-refractivity contribution in [3.8, 4) is 0 Å². The SMILES string of the molecule is C=CCN1Cc2ccccc2C[C@H]1C(=O)O. The molecular weight excluding hydrogens is 202 g/mol. The average molecular weight is 217 g/mol. The van der Waals surface area contributed by atoms with E-state index in [0.29, 0.717) is 19.5 Å². The number of fused-ring (bicyclic) bond motifs is 1. The summed E-state index contributed by atoms with van der Waals surface area (Å²) < 4.78 is 0. The van der Waals surface area contributed by atoms with Crippen LogP contribution in [0.1, 0.15) is 11.1 Å². The van der Waals surface area contributed by atoms with Crippen LogP contribution < -0.4 is 0 Å². The highest BCUT2D eigenvalue weighted by Crippen LogP contribution is 2.23. The number of aliphatic carboxylic acids is 1. The van der Waals surface area contributed by atoms with Gasteiger partial charge < -0.3 is 5.11 Å². The molecule has 0 aromatic heterocycles. The number of carbonyl (C=O) groups is 1. The third kappa shape index (κ3) is 1.99. The molecular formula is C13H15NO2. The minimum Gasteiger partial charge on any atom is -0.480 e. The molecule has 16 heavy (non-hydrogen) atoms. The van der Waals surface area contributed by atoms with Gasteiger partial charge in [-0.15, -0.1) is 6.58 Å². The molecule has 1 heterocycles. The number of nitrogens with zero attached hydrogens (tertiary/aromatic N) is 1. The van der Waals surface area contributed by atoms with Crippen molar-refractivity contribution < 1.29 is 9.90 Å². The van der Waals surface area contributed by atoms with E-state index in [2.05, 4.69) is 12.6 Å². The zero-order chi connectivity index (χ0) is 11.5. The molecule has 0 saturated heterocycles. The minimum atomic E-state index is -0.753. The van der Waals surface area contributed by atoms with Gasteiger partial charge >= 0.3 is 5.97 Å². The van der Waals surface area contributed by atoms with E-state index >= 15 is 0 Å². The molecule has 1 aliphatic rings. The Bertz CT molecular complexity index is 414. The molecule has 0 saturated carbocycles. The van der Waals surface area contributed by atoms with E-state index in [4.69, 9.17) is 0 Å². The molecule has 1 aromatic rings. The molecule has 3 nitrogen and oxygen atoms in total. The zero-order valence-corrected chi connectivity index (χ0v) is 9.10. The Morgan fingerprint density at radius 1 is 1.50 bits per heavy atom. The Hall–Kier alpha value is -1.61. The number of benzene rings is 1. The van der Waals surface area contributed by atoms with Crippen molar-refractivity contribution in [2.75, 3.05) is 6.54 Å². The first kappa shape index (κ1) is 10.9. The summed E-state index contributed by atoms with van der Waals surface area (Å²) >= 11 is 0. The Kier molecular flexibility index (Phi) is 3.06. The van der Waals surface area contributed by atoms with Crippen LogP contribution in [-0.2, 0) is 17.8 Å². The number of hydrogen-bond donors (Lipinski definition) is 1. The standard InChI is InChI=1S/C13H15NO2/c1-2-7-14-9-11-6-4-3-5-10(11)8-12(14)13(15)16/h2-6,12H,1,7-9H2,(H,15,16)/t12-/m0/s1. The van der Waals surface area contributed by atoms with Gasteiger partial charge in [-0.1, -0.05) is 30.3 Å². The normalized spacial score (nSPS) is 20.1. The van der Waals surface area contributed by atoms with Crippen molar-refractivity contribution in [2.24, 2.45) is 0 Å². The molecule has 0 radical (unpaired) electrons. The third-order valence-electron chi connectivity index (χ3n) is 2.99. The van der Waals surface area contributed by atoms with Crippen LogP contribution in [0.2, 0.25) is 0 Å². The second kappa shape index (κ2) is 4.49. The lowest BCUT2D eigenvalue weighted by atomic mass is 9.94. The van der Waals surface area contributed by atoms with Crippen molar-refractivity contribution in [1.82, 2.24) is 4.90 Å². The maximum Gasteiger partial charge on any atom is 0.321 e. The molecule has 0 bridgehead atoms. The van der Waals surface area contributed by atoms with Crippen LogP contribution in [-0.4, -0.2) is 28.6 Å². The molecule has 0 unspecified atom stereocenters. The highest BCUT2D eigenvalue weighted by Gasteiger charge is 2.30. The number of hydrogen-bond acceptors (Lipinski definition) is 2. The maximum atomic E-state index is 11.2. The summed E-state index contributed by atoms with van der Waals surface area (Å²) in [7, 11) is 0. The Balaban J connectivity index is 2.29. The summed E-state index contributed by atoms with van der Waals surface area (Å²) in [5.74, 6) is -0.753. The predicted molar refractivity (Wildman–Crippen MR) is 62.2 cm³/mol. The van der Waals surface area contributed by atoms with E-state index in [1.165, 1.54) is 5.56 Å². The van der Waals surface area contributed by atoms with Crippen LogP contribution in [0.25, 0.3) is 0 Å². The zero-order valence-electron chi connectivity index (χ0n) is 9.10. The fourth-order valence-electron chi connectivity index (χ4n) is 2.18. The van der Waals surface area contributed by atoms with E-state index in [1.54, 1.807) is 6.08 Å². The Morgan fingerprint density at radius 2 is 2.19 bits per heavy atom. The van der Waals surface area contributed by atoms with Gasteiger partial charge in [0.2, 0.25) is 0 Å². The van der Waals surface area contributed by atoms with Crippen molar-refractivity contribution in [1.29, 1.82) is 0 Å². The summed E-state index contributed by atoms with van der Waals surface area (Å²) in [5, 5.41) is 9.18. The topological polar surface area (TPSA) is 40.5 Å². The average Bonchev–Trinajstić information content (AvgIpc) is 2.28. The first-order valence-electron chi connectivity index (χ1n) is 5.37. The van der Waals surface area contributed by atoms with Crippen LogP contribution in [0.5, 0.6) is 0 Å². The number of carboxylic acid groups (broad SMARTS) is 1. The van der Waals surface area contributed by atoms with Gasteiger partial charge in [0.05, 0.1) is 0 Å². The molecule has 1 atom stereocenters. The van der Waals surface area contributed by atoms with Gasteiger partial charge in [0, 0.05) is 13.1 Å². The van der Waals surface area contributed by atoms with Crippen LogP contribution in [0, 0.1) is 0 Å². The van der Waals surface area contributed by atoms with E-state index < -0.39 is 12.0 Å². The van der Waals surface area contributed by atoms with Gasteiger partial charge in [-0.2, -0.15) is 0 Å². The fraction of sp³-hybridized carbons (Fsp3) is 0.308. The molecule has 84 valence electrons. The number of carboxylic acids is 1. The summed E-state index contributed by atoms with van der Waals surface area (Å²) in [5.41, 5.74) is 2.37. The molecule has 0 fully saturated rings. The molecule has 0 spiro atoms. The first-order valence-corrected chi connectivity index (χ1v) is 5.37. The van der Waals surface area contributed by atoms with Gasteiger partial charge in [0.25, 0.3) is 0 Å². The fourth-order valence-corrected chi connectivity index (χ4v) is 2.18. The quantitative estimate of drug-likeness (QED) is 0.783. The maximum absolute atomic E-state index is 11.2. The van der Waals surface area contributed by atoms with Crippen LogP contribution in [0.3, 0.4) is 0 Å². The van der Waals surface area contributed by atoms with Crippen molar-refractivity contribution >= 4 is 5.97 Å². The molecule has 0 amide bonds. The predicted octanol–water partition coefficient (Wildman–Crippen LogP) is 1.68. The van der Waals surface area contributed by atoms with E-state index in [9.17, 15) is 9.90 Å². The Labute approximate surface area is 95.0 Å². The Morgan fingerprint density at radius 3 is 2.81 bits per heavy atom. The number of rotatable bonds is 3. The van der Waals surface area contributed by atoms with Crippen LogP contribution >= 0.6 is 0 Å². The highest BCUT2D eigenvalue weighted by molar-refractivity contribution is 5.74. The summed E-state index contributed by atoms with van der Waals surface area (Å²) in [6.45, 7) is 4.98. The second-order valence-electron chi connectivity index (χ2n) is 4.04. The lowest BCUT2D eigenvalue weighted by molar-refractivity contribution is -0.143. The van der Waals surface area contributed by atoms with Crippen LogP contribution in [0.4, 0.5) is 0 Å². The summed E-state index contributed by atoms with van der Waals surface area (Å²) in [6, 6.07) is 7.60. The first-order chi connectivity index (χ1) is 7.72. The highest BCUT2D eigenvalue weighted by atomic mass is 16.4. The molecule has 1 aliphatic heterocycles. The van der Waals surface area contributed by atoms with E-state index in [-0.39, 0.29) is 0 Å². The molecule has 0 aliphatic carbocycles. The van der Waals surface area contributed by atoms with Crippen LogP contribution in [0.15, 0.2) is 36.9 Å². The third-order valence-corrected chi connectivity index (χ3v) is 2.99. The lowest BCUT2D eigenvalue weighted by Crippen LogP contribution is -2.45. The van der Waals surface area contributed by atoms with Gasteiger partial charge in [0.1, 0.15) is 6.04 Å². The largest absolute Gasteiger partial charge is 0.480 e. The van der Waals surface area contributed by atoms with Gasteiger partial charge in [-0.05, 0) is 17.5 Å². The van der Waals surface area contributed by atoms with Gasteiger partial charge in [0.15, 0.2) is 0 Å². The van der Waals surface area contributed by atoms with Crippen molar-refractivity contribution in [2.45, 2.75) is 19.0 Å². The second-order valence-corrected chi connectivity index (χ2v) is 4.04. The van der Waals surface area contributed by atoms with E-state index in [1.807, 2.05) is 23.1 Å². The monoisotopic (exact) mass is 217 g/mol. The summed E-state index contributed by atoms with van der Waals surface area (Å²) in [4.78, 5) is 13.1. The minimum absolute atomic E-state index is 0.423. The molecule has 3 heteroatoms. The van der Waals surface area contributed by atoms with Gasteiger partial charge in [-0.25, -0.2) is 0 Å². The summed E-state index contributed by atoms with van der Waals surface area (Å²) in [6.07, 6.45) is 2.34. The van der Waals surface area contributed by atoms with Crippen molar-refractivity contribution in [3.63, 3.8) is 0 Å². The smallest absolute Gasteiger partial charge is 0.321 e. The van der Waals surface area contributed by atoms with Crippen molar-refractivity contribution in [3.05, 3.63) is 48.0 Å². The molecule has 2 rings (SSSR count). The van der Waals surface area contributed by atoms with E-state index in [0.717, 1.165) is 5.56 Å². The molecule has 1 aromatic carbocycles.